The predicted octanol–water partition coefficient (Wildman–Crippen LogP) is 17.7. The molecule has 5 nitrogen and oxygen atoms in total. The van der Waals surface area contributed by atoms with Gasteiger partial charge in [0.1, 0.15) is 0 Å². The maximum Gasteiger partial charge on any atom is 0.164 e. The van der Waals surface area contributed by atoms with E-state index in [0.29, 0.717) is 17.5 Å². The van der Waals surface area contributed by atoms with Gasteiger partial charge in [-0.3, -0.25) is 0 Å². The molecule has 0 unspecified atom stereocenters. The number of benzene rings is 11. The zero-order valence-electron chi connectivity index (χ0n) is 40.2. The molecular weight excluding hydrogens is 899 g/mol. The molecule has 0 radical (unpaired) electrons. The summed E-state index contributed by atoms with van der Waals surface area (Å²) in [6.45, 7) is 0. The summed E-state index contributed by atoms with van der Waals surface area (Å²) in [5, 5.41) is 4.77. The molecule has 0 aliphatic heterocycles. The third kappa shape index (κ3) is 7.46. The second kappa shape index (κ2) is 18.0. The number of hydrogen-bond donors (Lipinski definition) is 0. The number of hydrogen-bond acceptors (Lipinski definition) is 3. The predicted molar refractivity (Wildman–Crippen MR) is 307 cm³/mol. The standard InChI is InChI=1S/C69H45N5/c1-5-19-46(20-6-1)48-33-35-50(36-34-48)56-41-38-54(45-66(56)74-63-32-18-15-29-59(63)60-43-52(39-42-64(60)74)47-21-7-2-8-22-47)69-71-67(51-25-11-4-12-26-51)70-68(72-69)53-37-40-55(49-23-9-3-10-24-49)65(44-53)73-61-30-16-13-27-57(61)58-28-14-17-31-62(58)73/h1-45H. The summed E-state index contributed by atoms with van der Waals surface area (Å²) < 4.78 is 4.81. The second-order valence-electron chi connectivity index (χ2n) is 18.8. The van der Waals surface area contributed by atoms with Crippen molar-refractivity contribution in [2.75, 3.05) is 0 Å². The highest BCUT2D eigenvalue weighted by atomic mass is 15.0. The van der Waals surface area contributed by atoms with Crippen LogP contribution in [0.4, 0.5) is 0 Å². The van der Waals surface area contributed by atoms with E-state index in [1.54, 1.807) is 0 Å². The smallest absolute Gasteiger partial charge is 0.164 e. The molecule has 0 aliphatic rings. The summed E-state index contributed by atoms with van der Waals surface area (Å²) in [6.07, 6.45) is 0. The van der Waals surface area contributed by atoms with Crippen molar-refractivity contribution in [3.63, 3.8) is 0 Å². The third-order valence-corrected chi connectivity index (χ3v) is 14.4. The maximum atomic E-state index is 5.45. The van der Waals surface area contributed by atoms with Gasteiger partial charge in [-0.2, -0.15) is 0 Å². The number of rotatable bonds is 9. The number of para-hydroxylation sites is 3. The van der Waals surface area contributed by atoms with Crippen molar-refractivity contribution in [2.45, 2.75) is 0 Å². The monoisotopic (exact) mass is 943 g/mol. The minimum Gasteiger partial charge on any atom is -0.309 e. The van der Waals surface area contributed by atoms with E-state index < -0.39 is 0 Å². The summed E-state index contributed by atoms with van der Waals surface area (Å²) >= 11 is 0. The fourth-order valence-electron chi connectivity index (χ4n) is 10.9. The van der Waals surface area contributed by atoms with Gasteiger partial charge in [-0.1, -0.05) is 231 Å². The SMILES string of the molecule is c1ccc(-c2ccc(-c3ccc(-c4nc(-c5ccccc5)nc(-c5ccc(-c6ccccc6)c(-n6c7ccccc7c7ccccc76)c5)n4)cc3-n3c4ccccc4c4cc(-c5ccccc5)ccc43)cc2)cc1. The fourth-order valence-corrected chi connectivity index (χ4v) is 10.9. The molecule has 0 fully saturated rings. The highest BCUT2D eigenvalue weighted by Crippen LogP contribution is 2.42. The van der Waals surface area contributed by atoms with Crippen molar-refractivity contribution in [1.29, 1.82) is 0 Å². The van der Waals surface area contributed by atoms with Gasteiger partial charge in [0, 0.05) is 49.4 Å². The molecule has 346 valence electrons. The lowest BCUT2D eigenvalue weighted by Gasteiger charge is -2.17. The van der Waals surface area contributed by atoms with Gasteiger partial charge in [0.25, 0.3) is 0 Å². The molecule has 0 spiro atoms. The van der Waals surface area contributed by atoms with E-state index in [2.05, 4.69) is 264 Å². The first-order valence-electron chi connectivity index (χ1n) is 25.1. The van der Waals surface area contributed by atoms with Crippen molar-refractivity contribution < 1.29 is 0 Å². The van der Waals surface area contributed by atoms with Gasteiger partial charge in [0.15, 0.2) is 17.5 Å². The van der Waals surface area contributed by atoms with Gasteiger partial charge in [0.05, 0.1) is 33.4 Å². The Balaban J connectivity index is 0.995. The van der Waals surface area contributed by atoms with Crippen LogP contribution in [0.1, 0.15) is 0 Å². The van der Waals surface area contributed by atoms with E-state index in [1.165, 1.54) is 43.8 Å². The molecule has 14 rings (SSSR count). The van der Waals surface area contributed by atoms with E-state index in [9.17, 15) is 0 Å². The normalized spacial score (nSPS) is 11.5. The molecule has 0 aliphatic carbocycles. The lowest BCUT2D eigenvalue weighted by atomic mass is 9.97. The van der Waals surface area contributed by atoms with E-state index in [1.807, 2.05) is 18.2 Å². The van der Waals surface area contributed by atoms with Gasteiger partial charge in [-0.15, -0.1) is 0 Å². The molecule has 3 heterocycles. The van der Waals surface area contributed by atoms with Crippen molar-refractivity contribution in [3.8, 4) is 90.0 Å². The van der Waals surface area contributed by atoms with Crippen LogP contribution < -0.4 is 0 Å². The molecule has 0 bridgehead atoms. The number of aromatic nitrogens is 5. The van der Waals surface area contributed by atoms with E-state index in [4.69, 9.17) is 15.0 Å². The summed E-state index contributed by atoms with van der Waals surface area (Å²) in [5.74, 6) is 1.77. The molecule has 0 atom stereocenters. The first-order valence-corrected chi connectivity index (χ1v) is 25.1. The zero-order chi connectivity index (χ0) is 49.0. The lowest BCUT2D eigenvalue weighted by Crippen LogP contribution is -2.03. The van der Waals surface area contributed by atoms with Crippen LogP contribution in [0.15, 0.2) is 273 Å². The van der Waals surface area contributed by atoms with Gasteiger partial charge < -0.3 is 9.13 Å². The van der Waals surface area contributed by atoms with Gasteiger partial charge in [-0.25, -0.2) is 15.0 Å². The highest BCUT2D eigenvalue weighted by molar-refractivity contribution is 6.12. The van der Waals surface area contributed by atoms with Crippen LogP contribution in [0.2, 0.25) is 0 Å². The largest absolute Gasteiger partial charge is 0.309 e. The van der Waals surface area contributed by atoms with Crippen molar-refractivity contribution in [3.05, 3.63) is 273 Å². The first-order chi connectivity index (χ1) is 36.7. The van der Waals surface area contributed by atoms with Crippen molar-refractivity contribution in [2.24, 2.45) is 0 Å². The van der Waals surface area contributed by atoms with E-state index in [0.717, 1.165) is 72.4 Å². The average Bonchev–Trinajstić information content (AvgIpc) is 4.00. The van der Waals surface area contributed by atoms with E-state index in [-0.39, 0.29) is 0 Å². The average molecular weight is 944 g/mol. The quantitative estimate of drug-likeness (QED) is 0.145. The fraction of sp³-hybridized carbons (Fsp3) is 0. The summed E-state index contributed by atoms with van der Waals surface area (Å²) in [6, 6.07) is 97.2. The second-order valence-corrected chi connectivity index (χ2v) is 18.8. The van der Waals surface area contributed by atoms with Gasteiger partial charge >= 0.3 is 0 Å². The Bertz CT molecular complexity index is 4330. The van der Waals surface area contributed by atoms with Crippen LogP contribution in [-0.4, -0.2) is 24.1 Å². The lowest BCUT2D eigenvalue weighted by molar-refractivity contribution is 1.07. The highest BCUT2D eigenvalue weighted by Gasteiger charge is 2.22. The van der Waals surface area contributed by atoms with E-state index >= 15 is 0 Å². The minimum absolute atomic E-state index is 0.582. The Hall–Kier alpha value is -9.97. The van der Waals surface area contributed by atoms with Crippen LogP contribution in [0.25, 0.3) is 134 Å². The molecule has 0 N–H and O–H groups in total. The Morgan fingerprint density at radius 3 is 1.00 bits per heavy atom. The van der Waals surface area contributed by atoms with Gasteiger partial charge in [0.2, 0.25) is 0 Å². The van der Waals surface area contributed by atoms with Gasteiger partial charge in [-0.05, 0) is 75.8 Å². The van der Waals surface area contributed by atoms with Crippen LogP contribution in [0.5, 0.6) is 0 Å². The molecule has 0 saturated carbocycles. The van der Waals surface area contributed by atoms with Crippen LogP contribution >= 0.6 is 0 Å². The molecular formula is C69H45N5. The summed E-state index contributed by atoms with van der Waals surface area (Å²) in [5.41, 5.74) is 18.4. The van der Waals surface area contributed by atoms with Crippen LogP contribution in [0, 0.1) is 0 Å². The third-order valence-electron chi connectivity index (χ3n) is 14.4. The number of nitrogens with zero attached hydrogens (tertiary/aromatic N) is 5. The molecule has 14 aromatic rings. The van der Waals surface area contributed by atoms with Crippen molar-refractivity contribution >= 4 is 43.6 Å². The molecule has 0 amide bonds. The Morgan fingerprint density at radius 1 is 0.203 bits per heavy atom. The van der Waals surface area contributed by atoms with Crippen molar-refractivity contribution in [1.82, 2.24) is 24.1 Å². The zero-order valence-corrected chi connectivity index (χ0v) is 40.2. The first kappa shape index (κ1) is 42.9. The molecule has 74 heavy (non-hydrogen) atoms. The van der Waals surface area contributed by atoms with Crippen LogP contribution in [-0.2, 0) is 0 Å². The Labute approximate surface area is 428 Å². The topological polar surface area (TPSA) is 48.5 Å². The minimum atomic E-state index is 0.582. The Morgan fingerprint density at radius 2 is 0.514 bits per heavy atom. The Kier molecular flexibility index (Phi) is 10.4. The maximum absolute atomic E-state index is 5.45. The molecule has 11 aromatic carbocycles. The molecule has 3 aromatic heterocycles. The van der Waals surface area contributed by atoms with Crippen LogP contribution in [0.3, 0.4) is 0 Å². The molecule has 0 saturated heterocycles. The summed E-state index contributed by atoms with van der Waals surface area (Å²) in [4.78, 5) is 16.1. The molecule has 5 heteroatoms. The number of fused-ring (bicyclic) bond motifs is 6. The summed E-state index contributed by atoms with van der Waals surface area (Å²) in [7, 11) is 0.